The molecule has 14 heteroatoms. The van der Waals surface area contributed by atoms with Crippen molar-refractivity contribution in [1.29, 1.82) is 0 Å². The number of benzene rings is 2. The van der Waals surface area contributed by atoms with Crippen LogP contribution in [-0.4, -0.2) is 88.2 Å². The monoisotopic (exact) mass is 694 g/mol. The number of aromatic nitrogens is 1. The van der Waals surface area contributed by atoms with Gasteiger partial charge in [0.1, 0.15) is 18.3 Å². The molecule has 2 atom stereocenters. The molecule has 260 valence electrons. The number of methoxy groups -OCH3 is 1. The minimum atomic E-state index is -4.74. The summed E-state index contributed by atoms with van der Waals surface area (Å²) in [7, 11) is -0.152. The van der Waals surface area contributed by atoms with E-state index in [-0.39, 0.29) is 34.7 Å². The van der Waals surface area contributed by atoms with Crippen molar-refractivity contribution in [2.45, 2.75) is 51.1 Å². The third-order valence-electron chi connectivity index (χ3n) is 9.34. The number of amides is 1. The van der Waals surface area contributed by atoms with Gasteiger partial charge in [0.25, 0.3) is 0 Å². The Labute approximate surface area is 277 Å². The first-order valence-corrected chi connectivity index (χ1v) is 17.3. The lowest BCUT2D eigenvalue weighted by Gasteiger charge is -2.48. The third-order valence-corrected chi connectivity index (χ3v) is 11.0. The number of sulfone groups is 1. The number of alkyl halides is 4. The fourth-order valence-electron chi connectivity index (χ4n) is 6.64. The van der Waals surface area contributed by atoms with E-state index in [0.717, 1.165) is 12.1 Å². The molecule has 3 heterocycles. The molecule has 2 fully saturated rings. The average molecular weight is 695 g/mol. The summed E-state index contributed by atoms with van der Waals surface area (Å²) in [5.74, 6) is -0.443. The summed E-state index contributed by atoms with van der Waals surface area (Å²) in [6.07, 6.45) is -3.26. The maximum Gasteiger partial charge on any atom is 0.416 e. The smallest absolute Gasteiger partial charge is 0.383 e. The molecule has 0 aliphatic carbocycles. The Morgan fingerprint density at radius 2 is 1.77 bits per heavy atom. The molecule has 48 heavy (non-hydrogen) atoms. The zero-order chi connectivity index (χ0) is 35.2. The van der Waals surface area contributed by atoms with Crippen LogP contribution in [0.2, 0.25) is 0 Å². The molecule has 0 bridgehead atoms. The van der Waals surface area contributed by atoms with Crippen molar-refractivity contribution in [3.8, 4) is 11.1 Å². The predicted molar refractivity (Wildman–Crippen MR) is 174 cm³/mol. The topological polar surface area (TPSA) is 83.0 Å². The lowest BCUT2D eigenvalue weighted by Crippen LogP contribution is -2.64. The van der Waals surface area contributed by atoms with Gasteiger partial charge >= 0.3 is 6.18 Å². The molecule has 0 spiro atoms. The van der Waals surface area contributed by atoms with Crippen LogP contribution in [0.5, 0.6) is 0 Å². The molecule has 2 aliphatic rings. The lowest BCUT2D eigenvalue weighted by molar-refractivity contribution is -0.137. The molecule has 0 saturated carbocycles. The molecule has 1 aromatic heterocycles. The zero-order valence-electron chi connectivity index (χ0n) is 27.4. The molecule has 2 aliphatic heterocycles. The van der Waals surface area contributed by atoms with Crippen LogP contribution >= 0.6 is 0 Å². The van der Waals surface area contributed by atoms with Gasteiger partial charge < -0.3 is 14.5 Å². The second-order valence-corrected chi connectivity index (χ2v) is 15.3. The van der Waals surface area contributed by atoms with E-state index in [4.69, 9.17) is 9.72 Å². The second kappa shape index (κ2) is 13.4. The summed E-state index contributed by atoms with van der Waals surface area (Å²) >= 11 is 0. The van der Waals surface area contributed by atoms with E-state index in [9.17, 15) is 35.2 Å². The van der Waals surface area contributed by atoms with E-state index >= 15 is 0 Å². The molecule has 3 aromatic rings. The van der Waals surface area contributed by atoms with Gasteiger partial charge in [0.05, 0.1) is 47.0 Å². The van der Waals surface area contributed by atoms with Crippen molar-refractivity contribution < 1.29 is 39.9 Å². The van der Waals surface area contributed by atoms with Crippen LogP contribution in [0.4, 0.5) is 33.5 Å². The number of ether oxygens (including phenoxy) is 1. The van der Waals surface area contributed by atoms with Crippen LogP contribution in [0.15, 0.2) is 48.7 Å². The van der Waals surface area contributed by atoms with Gasteiger partial charge in [-0.2, -0.15) is 13.2 Å². The number of carbonyl (C=O) groups excluding carboxylic acids is 1. The van der Waals surface area contributed by atoms with Crippen LogP contribution in [0.1, 0.15) is 36.1 Å². The maximum atomic E-state index is 14.2. The predicted octanol–water partition coefficient (Wildman–Crippen LogP) is 5.56. The number of piperazine rings is 1. The summed E-state index contributed by atoms with van der Waals surface area (Å²) in [6, 6.07) is 8.39. The molecule has 1 amide bonds. The number of hydrogen-bond donors (Lipinski definition) is 0. The van der Waals surface area contributed by atoms with Gasteiger partial charge in [-0.15, -0.1) is 0 Å². The highest BCUT2D eigenvalue weighted by Gasteiger charge is 2.41. The van der Waals surface area contributed by atoms with Gasteiger partial charge in [-0.05, 0) is 73.4 Å². The van der Waals surface area contributed by atoms with E-state index in [1.165, 1.54) is 50.2 Å². The molecule has 2 saturated heterocycles. The SMILES string of the molecule is COC[C@H]1CN2CCS(=O)(=O)CC2CN1c1cc(-c2ccc(F)cc2C)c(N(C)C(=O)C(C)(C)c2cc(CF)cc(C(F)(F)F)c2)cn1. The minimum Gasteiger partial charge on any atom is -0.383 e. The van der Waals surface area contributed by atoms with Gasteiger partial charge in [-0.3, -0.25) is 9.69 Å². The zero-order valence-corrected chi connectivity index (χ0v) is 28.3. The van der Waals surface area contributed by atoms with E-state index in [2.05, 4.69) is 4.90 Å². The quantitative estimate of drug-likeness (QED) is 0.286. The Kier molecular flexibility index (Phi) is 9.93. The third kappa shape index (κ3) is 7.20. The summed E-state index contributed by atoms with van der Waals surface area (Å²) in [5, 5.41) is 0. The van der Waals surface area contributed by atoms with Crippen molar-refractivity contribution in [3.63, 3.8) is 0 Å². The van der Waals surface area contributed by atoms with E-state index < -0.39 is 45.4 Å². The molecular weight excluding hydrogens is 655 g/mol. The lowest BCUT2D eigenvalue weighted by atomic mass is 9.81. The number of likely N-dealkylation sites (N-methyl/N-ethyl adjacent to an activating group) is 1. The second-order valence-electron chi connectivity index (χ2n) is 13.1. The molecule has 1 unspecified atom stereocenters. The first-order valence-electron chi connectivity index (χ1n) is 15.5. The van der Waals surface area contributed by atoms with Crippen LogP contribution in [0.3, 0.4) is 0 Å². The average Bonchev–Trinajstić information content (AvgIpc) is 3.02. The van der Waals surface area contributed by atoms with Crippen molar-refractivity contribution in [2.75, 3.05) is 61.7 Å². The van der Waals surface area contributed by atoms with Gasteiger partial charge in [0.2, 0.25) is 5.91 Å². The van der Waals surface area contributed by atoms with Crippen LogP contribution in [0, 0.1) is 12.7 Å². The normalized spacial score (nSPS) is 20.0. The molecule has 5 rings (SSSR count). The van der Waals surface area contributed by atoms with Crippen molar-refractivity contribution in [1.82, 2.24) is 9.88 Å². The van der Waals surface area contributed by atoms with Crippen LogP contribution < -0.4 is 9.80 Å². The van der Waals surface area contributed by atoms with Crippen molar-refractivity contribution in [3.05, 3.63) is 76.7 Å². The maximum absolute atomic E-state index is 14.2. The van der Waals surface area contributed by atoms with Crippen LogP contribution in [-0.2, 0) is 37.6 Å². The Morgan fingerprint density at radius 1 is 1.06 bits per heavy atom. The summed E-state index contributed by atoms with van der Waals surface area (Å²) < 4.78 is 99.5. The fourth-order valence-corrected chi connectivity index (χ4v) is 8.22. The Bertz CT molecular complexity index is 1800. The Hall–Kier alpha value is -3.62. The molecule has 2 aromatic carbocycles. The fraction of sp³-hybridized carbons (Fsp3) is 0.471. The van der Waals surface area contributed by atoms with Crippen molar-refractivity contribution >= 4 is 27.2 Å². The van der Waals surface area contributed by atoms with Gasteiger partial charge in [0, 0.05) is 45.4 Å². The standard InChI is InChI=1S/C34H39F5N4O4S/c1-21-10-25(36)6-7-28(21)29-14-31(43-18-27-20-48(45,46)9-8-42(27)17-26(43)19-47-5)40-16-30(29)41(4)32(44)33(2,3)23-11-22(15-35)12-24(13-23)34(37,38)39/h6-7,10-14,16,26-27H,8-9,15,17-20H2,1-5H3/t26-,27?/m1/s1. The summed E-state index contributed by atoms with van der Waals surface area (Å²) in [5.41, 5.74) is -0.813. The molecule has 0 N–H and O–H groups in total. The van der Waals surface area contributed by atoms with Crippen molar-refractivity contribution in [2.24, 2.45) is 0 Å². The minimum absolute atomic E-state index is 0.00590. The number of carbonyl (C=O) groups is 1. The number of halogens is 5. The first-order chi connectivity index (χ1) is 22.4. The number of rotatable bonds is 8. The number of hydrogen-bond acceptors (Lipinski definition) is 7. The molecule has 8 nitrogen and oxygen atoms in total. The molecule has 0 radical (unpaired) electrons. The molecular formula is C34H39F5N4O4S. The largest absolute Gasteiger partial charge is 0.416 e. The number of aryl methyl sites for hydroxylation is 1. The first kappa shape index (κ1) is 35.7. The summed E-state index contributed by atoms with van der Waals surface area (Å²) in [6.45, 7) is 5.20. The Morgan fingerprint density at radius 3 is 2.42 bits per heavy atom. The Balaban J connectivity index is 1.59. The highest BCUT2D eigenvalue weighted by molar-refractivity contribution is 7.91. The van der Waals surface area contributed by atoms with Gasteiger partial charge in [0.15, 0.2) is 9.84 Å². The van der Waals surface area contributed by atoms with E-state index in [1.54, 1.807) is 26.2 Å². The summed E-state index contributed by atoms with van der Waals surface area (Å²) in [4.78, 5) is 24.3. The van der Waals surface area contributed by atoms with E-state index in [1.807, 2.05) is 4.90 Å². The van der Waals surface area contributed by atoms with Gasteiger partial charge in [-0.1, -0.05) is 12.1 Å². The van der Waals surface area contributed by atoms with E-state index in [0.29, 0.717) is 54.4 Å². The number of fused-ring (bicyclic) bond motifs is 1. The van der Waals surface area contributed by atoms with Crippen LogP contribution in [0.25, 0.3) is 11.1 Å². The van der Waals surface area contributed by atoms with Gasteiger partial charge in [-0.25, -0.2) is 22.2 Å². The number of pyridine rings is 1. The highest BCUT2D eigenvalue weighted by atomic mass is 32.2. The number of anilines is 2. The highest BCUT2D eigenvalue weighted by Crippen LogP contribution is 2.40. The number of nitrogens with zero attached hydrogens (tertiary/aromatic N) is 4.